The largest absolute Gasteiger partial charge is 0.469 e. The van der Waals surface area contributed by atoms with Gasteiger partial charge in [-0.1, -0.05) is 26.0 Å². The SMILES string of the molecule is COC(=O)C(Cc1ccc(C)c(C)c1C)C(C)C. The maximum atomic E-state index is 11.8. The fourth-order valence-electron chi connectivity index (χ4n) is 2.21. The van der Waals surface area contributed by atoms with E-state index < -0.39 is 0 Å². The fraction of sp³-hybridized carbons (Fsp3) is 0.562. The van der Waals surface area contributed by atoms with E-state index in [1.165, 1.54) is 29.4 Å². The number of carbonyl (C=O) groups excluding carboxylic acids is 1. The third-order valence-electron chi connectivity index (χ3n) is 3.92. The molecule has 0 aliphatic rings. The van der Waals surface area contributed by atoms with E-state index in [0.717, 1.165) is 6.42 Å². The summed E-state index contributed by atoms with van der Waals surface area (Å²) < 4.78 is 4.90. The Morgan fingerprint density at radius 2 is 1.78 bits per heavy atom. The van der Waals surface area contributed by atoms with Crippen molar-refractivity contribution in [3.05, 3.63) is 34.4 Å². The molecule has 0 fully saturated rings. The molecule has 100 valence electrons. The molecule has 0 N–H and O–H groups in total. The van der Waals surface area contributed by atoms with Crippen LogP contribution in [0.15, 0.2) is 12.1 Å². The smallest absolute Gasteiger partial charge is 0.309 e. The third kappa shape index (κ3) is 3.12. The molecule has 1 aromatic rings. The van der Waals surface area contributed by atoms with Gasteiger partial charge in [-0.3, -0.25) is 4.79 Å². The van der Waals surface area contributed by atoms with E-state index >= 15 is 0 Å². The first-order chi connectivity index (χ1) is 8.38. The molecule has 0 bridgehead atoms. The summed E-state index contributed by atoms with van der Waals surface area (Å²) in [5.74, 6) is 0.122. The van der Waals surface area contributed by atoms with E-state index in [2.05, 4.69) is 46.8 Å². The molecule has 1 aromatic carbocycles. The lowest BCUT2D eigenvalue weighted by Gasteiger charge is -2.20. The van der Waals surface area contributed by atoms with Crippen molar-refractivity contribution in [3.63, 3.8) is 0 Å². The molecular weight excluding hydrogens is 224 g/mol. The Hall–Kier alpha value is -1.31. The summed E-state index contributed by atoms with van der Waals surface area (Å²) >= 11 is 0. The van der Waals surface area contributed by atoms with Crippen LogP contribution in [0.25, 0.3) is 0 Å². The van der Waals surface area contributed by atoms with Gasteiger partial charge in [-0.05, 0) is 55.4 Å². The number of benzene rings is 1. The molecule has 0 saturated carbocycles. The highest BCUT2D eigenvalue weighted by Gasteiger charge is 2.24. The van der Waals surface area contributed by atoms with E-state index in [9.17, 15) is 4.79 Å². The van der Waals surface area contributed by atoms with E-state index in [1.54, 1.807) is 0 Å². The number of esters is 1. The monoisotopic (exact) mass is 248 g/mol. The zero-order valence-corrected chi connectivity index (χ0v) is 12.3. The van der Waals surface area contributed by atoms with Crippen molar-refractivity contribution in [2.75, 3.05) is 7.11 Å². The highest BCUT2D eigenvalue weighted by Crippen LogP contribution is 2.24. The maximum absolute atomic E-state index is 11.8. The van der Waals surface area contributed by atoms with Crippen molar-refractivity contribution in [2.45, 2.75) is 41.0 Å². The van der Waals surface area contributed by atoms with Crippen molar-refractivity contribution in [1.82, 2.24) is 0 Å². The highest BCUT2D eigenvalue weighted by molar-refractivity contribution is 5.73. The van der Waals surface area contributed by atoms with Gasteiger partial charge in [0.2, 0.25) is 0 Å². The highest BCUT2D eigenvalue weighted by atomic mass is 16.5. The number of ether oxygens (including phenoxy) is 1. The van der Waals surface area contributed by atoms with Crippen molar-refractivity contribution < 1.29 is 9.53 Å². The summed E-state index contributed by atoms with van der Waals surface area (Å²) in [6.07, 6.45) is 0.761. The lowest BCUT2D eigenvalue weighted by molar-refractivity contribution is -0.146. The van der Waals surface area contributed by atoms with Crippen molar-refractivity contribution >= 4 is 5.97 Å². The summed E-state index contributed by atoms with van der Waals surface area (Å²) in [5, 5.41) is 0. The molecule has 0 aliphatic carbocycles. The summed E-state index contributed by atoms with van der Waals surface area (Å²) in [4.78, 5) is 11.8. The molecule has 1 unspecified atom stereocenters. The van der Waals surface area contributed by atoms with Gasteiger partial charge in [0.25, 0.3) is 0 Å². The molecule has 18 heavy (non-hydrogen) atoms. The van der Waals surface area contributed by atoms with Gasteiger partial charge >= 0.3 is 5.97 Å². The van der Waals surface area contributed by atoms with Crippen LogP contribution >= 0.6 is 0 Å². The molecule has 1 rings (SSSR count). The molecule has 0 aromatic heterocycles. The Bertz CT molecular complexity index is 433. The van der Waals surface area contributed by atoms with Crippen molar-refractivity contribution in [1.29, 1.82) is 0 Å². The Morgan fingerprint density at radius 1 is 1.17 bits per heavy atom. The van der Waals surface area contributed by atoms with Gasteiger partial charge in [0.05, 0.1) is 13.0 Å². The van der Waals surface area contributed by atoms with Gasteiger partial charge in [-0.15, -0.1) is 0 Å². The number of hydrogen-bond donors (Lipinski definition) is 0. The van der Waals surface area contributed by atoms with Gasteiger partial charge in [0, 0.05) is 0 Å². The summed E-state index contributed by atoms with van der Waals surface area (Å²) in [6, 6.07) is 4.27. The summed E-state index contributed by atoms with van der Waals surface area (Å²) in [7, 11) is 1.46. The zero-order valence-electron chi connectivity index (χ0n) is 12.3. The molecule has 0 heterocycles. The molecule has 1 atom stereocenters. The molecule has 0 amide bonds. The van der Waals surface area contributed by atoms with E-state index in [-0.39, 0.29) is 11.9 Å². The second-order valence-corrected chi connectivity index (χ2v) is 5.37. The average molecular weight is 248 g/mol. The van der Waals surface area contributed by atoms with E-state index in [1.807, 2.05) is 0 Å². The Kier molecular flexibility index (Phi) is 4.94. The van der Waals surface area contributed by atoms with Crippen LogP contribution in [0.3, 0.4) is 0 Å². The van der Waals surface area contributed by atoms with Gasteiger partial charge in [0.1, 0.15) is 0 Å². The molecule has 0 spiro atoms. The van der Waals surface area contributed by atoms with Crippen LogP contribution in [0, 0.1) is 32.6 Å². The van der Waals surface area contributed by atoms with Crippen LogP contribution in [0.4, 0.5) is 0 Å². The van der Waals surface area contributed by atoms with Gasteiger partial charge in [-0.25, -0.2) is 0 Å². The second kappa shape index (κ2) is 6.03. The quantitative estimate of drug-likeness (QED) is 0.761. The average Bonchev–Trinajstić information content (AvgIpc) is 2.34. The number of hydrogen-bond acceptors (Lipinski definition) is 2. The van der Waals surface area contributed by atoms with Crippen LogP contribution < -0.4 is 0 Å². The minimum Gasteiger partial charge on any atom is -0.469 e. The molecule has 0 aliphatic heterocycles. The second-order valence-electron chi connectivity index (χ2n) is 5.37. The Labute approximate surface area is 110 Å². The normalized spacial score (nSPS) is 12.6. The van der Waals surface area contributed by atoms with Crippen LogP contribution in [0.2, 0.25) is 0 Å². The van der Waals surface area contributed by atoms with E-state index in [0.29, 0.717) is 5.92 Å². The summed E-state index contributed by atoms with van der Waals surface area (Å²) in [6.45, 7) is 10.5. The van der Waals surface area contributed by atoms with Crippen molar-refractivity contribution in [3.8, 4) is 0 Å². The first-order valence-electron chi connectivity index (χ1n) is 6.52. The number of methoxy groups -OCH3 is 1. The van der Waals surface area contributed by atoms with Crippen LogP contribution in [-0.4, -0.2) is 13.1 Å². The zero-order chi connectivity index (χ0) is 13.9. The maximum Gasteiger partial charge on any atom is 0.309 e. The molecule has 0 radical (unpaired) electrons. The van der Waals surface area contributed by atoms with Gasteiger partial charge in [-0.2, -0.15) is 0 Å². The lowest BCUT2D eigenvalue weighted by Crippen LogP contribution is -2.24. The van der Waals surface area contributed by atoms with Gasteiger partial charge < -0.3 is 4.74 Å². The molecule has 2 heteroatoms. The number of rotatable bonds is 4. The predicted molar refractivity (Wildman–Crippen MR) is 74.7 cm³/mol. The number of carbonyl (C=O) groups is 1. The molecule has 0 saturated heterocycles. The van der Waals surface area contributed by atoms with Crippen LogP contribution in [0.1, 0.15) is 36.1 Å². The Balaban J connectivity index is 3.02. The third-order valence-corrected chi connectivity index (χ3v) is 3.92. The minimum atomic E-state index is -0.109. The summed E-state index contributed by atoms with van der Waals surface area (Å²) in [5.41, 5.74) is 5.17. The predicted octanol–water partition coefficient (Wildman–Crippen LogP) is 3.60. The van der Waals surface area contributed by atoms with Crippen LogP contribution in [0.5, 0.6) is 0 Å². The topological polar surface area (TPSA) is 26.3 Å². The van der Waals surface area contributed by atoms with Crippen molar-refractivity contribution in [2.24, 2.45) is 11.8 Å². The Morgan fingerprint density at radius 3 is 2.28 bits per heavy atom. The molecular formula is C16H24O2. The first kappa shape index (κ1) is 14.7. The van der Waals surface area contributed by atoms with E-state index in [4.69, 9.17) is 4.74 Å². The fourth-order valence-corrected chi connectivity index (χ4v) is 2.21. The number of aryl methyl sites for hydroxylation is 1. The first-order valence-corrected chi connectivity index (χ1v) is 6.52. The van der Waals surface area contributed by atoms with Gasteiger partial charge in [0.15, 0.2) is 0 Å². The minimum absolute atomic E-state index is 0.0594. The standard InChI is InChI=1S/C16H24O2/c1-10(2)15(16(17)18-6)9-14-8-7-11(3)12(4)13(14)5/h7-8,10,15H,9H2,1-6H3. The molecule has 2 nitrogen and oxygen atoms in total. The lowest BCUT2D eigenvalue weighted by atomic mass is 9.86. The van der Waals surface area contributed by atoms with Crippen LogP contribution in [-0.2, 0) is 16.0 Å².